The summed E-state index contributed by atoms with van der Waals surface area (Å²) in [5, 5.41) is 12.8. The van der Waals surface area contributed by atoms with E-state index in [1.54, 1.807) is 55.6 Å². The Bertz CT molecular complexity index is 953. The maximum Gasteiger partial charge on any atom is 0.344 e. The lowest BCUT2D eigenvalue weighted by Crippen LogP contribution is -2.16. The molecule has 0 aliphatic heterocycles. The molecule has 1 heterocycles. The minimum atomic E-state index is -0.599. The van der Waals surface area contributed by atoms with Crippen LogP contribution in [0.4, 0.5) is 0 Å². The first-order valence-electron chi connectivity index (χ1n) is 7.23. The van der Waals surface area contributed by atoms with Crippen molar-refractivity contribution in [1.29, 1.82) is 0 Å². The highest BCUT2D eigenvalue weighted by Gasteiger charge is 2.15. The molecule has 0 spiro atoms. The monoisotopic (exact) mass is 374 g/mol. The van der Waals surface area contributed by atoms with Gasteiger partial charge in [-0.2, -0.15) is 0 Å². The Balaban J connectivity index is 1.96. The smallest absolute Gasteiger partial charge is 0.344 e. The van der Waals surface area contributed by atoms with Crippen molar-refractivity contribution in [3.8, 4) is 0 Å². The lowest BCUT2D eigenvalue weighted by Gasteiger charge is -2.08. The molecular weight excluding hydrogens is 363 g/mol. The Hall–Kier alpha value is -2.70. The number of ether oxygens (including phenoxy) is 1. The standard InChI is InChI=1S/C17H12Cl2N4O2/c1-11-10-23(22-20-11)21-16(12-4-2-6-14(18)8-12)25-17(24)13-5-3-7-15(19)9-13/h2-10H,1H3/b21-16+. The van der Waals surface area contributed by atoms with Crippen molar-refractivity contribution in [1.82, 2.24) is 15.1 Å². The first-order valence-corrected chi connectivity index (χ1v) is 7.98. The van der Waals surface area contributed by atoms with Gasteiger partial charge in [0.2, 0.25) is 5.90 Å². The first kappa shape index (κ1) is 17.1. The van der Waals surface area contributed by atoms with Crippen LogP contribution in [0.3, 0.4) is 0 Å². The first-order chi connectivity index (χ1) is 12.0. The van der Waals surface area contributed by atoms with Crippen LogP contribution in [0.25, 0.3) is 0 Å². The number of esters is 1. The van der Waals surface area contributed by atoms with E-state index in [-0.39, 0.29) is 5.90 Å². The number of hydrogen-bond donors (Lipinski definition) is 0. The molecule has 6 nitrogen and oxygen atoms in total. The lowest BCUT2D eigenvalue weighted by molar-refractivity contribution is 0.0716. The molecule has 0 unspecified atom stereocenters. The summed E-state index contributed by atoms with van der Waals surface area (Å²) in [7, 11) is 0. The summed E-state index contributed by atoms with van der Waals surface area (Å²) in [6.07, 6.45) is 1.60. The number of carbonyl (C=O) groups is 1. The molecule has 126 valence electrons. The van der Waals surface area contributed by atoms with Crippen LogP contribution in [0.5, 0.6) is 0 Å². The van der Waals surface area contributed by atoms with Crippen LogP contribution < -0.4 is 0 Å². The Kier molecular flexibility index (Phi) is 5.11. The van der Waals surface area contributed by atoms with Gasteiger partial charge in [-0.15, -0.1) is 15.0 Å². The van der Waals surface area contributed by atoms with Crippen molar-refractivity contribution in [2.24, 2.45) is 5.10 Å². The highest BCUT2D eigenvalue weighted by molar-refractivity contribution is 6.31. The van der Waals surface area contributed by atoms with Crippen LogP contribution in [-0.4, -0.2) is 27.0 Å². The molecule has 0 bridgehead atoms. The molecule has 0 atom stereocenters. The van der Waals surface area contributed by atoms with Gasteiger partial charge in [0.25, 0.3) is 0 Å². The Labute approximate surface area is 153 Å². The van der Waals surface area contributed by atoms with Crippen molar-refractivity contribution in [3.63, 3.8) is 0 Å². The molecule has 1 aromatic heterocycles. The molecular formula is C17H12Cl2N4O2. The highest BCUT2D eigenvalue weighted by Crippen LogP contribution is 2.15. The van der Waals surface area contributed by atoms with Gasteiger partial charge >= 0.3 is 5.97 Å². The summed E-state index contributed by atoms with van der Waals surface area (Å²) in [5.41, 5.74) is 1.50. The molecule has 2 aromatic carbocycles. The molecule has 0 amide bonds. The summed E-state index contributed by atoms with van der Waals surface area (Å²) < 4.78 is 5.45. The van der Waals surface area contributed by atoms with Gasteiger partial charge in [-0.1, -0.05) is 35.3 Å². The number of rotatable bonds is 3. The van der Waals surface area contributed by atoms with Crippen LogP contribution in [-0.2, 0) is 4.74 Å². The van der Waals surface area contributed by atoms with Crippen molar-refractivity contribution < 1.29 is 9.53 Å². The van der Waals surface area contributed by atoms with Crippen molar-refractivity contribution >= 4 is 35.1 Å². The normalized spacial score (nSPS) is 11.4. The second-order valence-electron chi connectivity index (χ2n) is 5.10. The van der Waals surface area contributed by atoms with Gasteiger partial charge < -0.3 is 4.74 Å². The predicted molar refractivity (Wildman–Crippen MR) is 95.0 cm³/mol. The van der Waals surface area contributed by atoms with Crippen LogP contribution in [0, 0.1) is 6.92 Å². The van der Waals surface area contributed by atoms with Crippen LogP contribution >= 0.6 is 23.2 Å². The molecule has 0 radical (unpaired) electrons. The quantitative estimate of drug-likeness (QED) is 0.395. The predicted octanol–water partition coefficient (Wildman–Crippen LogP) is 3.96. The highest BCUT2D eigenvalue weighted by atomic mass is 35.5. The maximum atomic E-state index is 12.4. The number of hydrogen-bond acceptors (Lipinski definition) is 5. The molecule has 0 aliphatic rings. The van der Waals surface area contributed by atoms with Gasteiger partial charge in [-0.05, 0) is 48.5 Å². The van der Waals surface area contributed by atoms with E-state index in [1.807, 2.05) is 0 Å². The Morgan fingerprint density at radius 1 is 1.08 bits per heavy atom. The average Bonchev–Trinajstić information content (AvgIpc) is 2.99. The van der Waals surface area contributed by atoms with Crippen LogP contribution in [0.15, 0.2) is 59.8 Å². The maximum absolute atomic E-state index is 12.4. The zero-order valence-electron chi connectivity index (χ0n) is 13.1. The SMILES string of the molecule is Cc1cn(/N=C(/OC(=O)c2cccc(Cl)c2)c2cccc(Cl)c2)nn1. The fraction of sp³-hybridized carbons (Fsp3) is 0.0588. The molecule has 0 N–H and O–H groups in total. The molecule has 3 rings (SSSR count). The summed E-state index contributed by atoms with van der Waals surface area (Å²) in [6, 6.07) is 13.2. The number of aryl methyl sites for hydroxylation is 1. The van der Waals surface area contributed by atoms with Gasteiger partial charge in [-0.25, -0.2) is 4.79 Å². The molecule has 8 heteroatoms. The average molecular weight is 375 g/mol. The van der Waals surface area contributed by atoms with Crippen molar-refractivity contribution in [2.45, 2.75) is 6.92 Å². The topological polar surface area (TPSA) is 69.4 Å². The largest absolute Gasteiger partial charge is 0.402 e. The number of nitrogens with zero attached hydrogens (tertiary/aromatic N) is 4. The molecule has 3 aromatic rings. The number of aromatic nitrogens is 3. The molecule has 25 heavy (non-hydrogen) atoms. The number of benzene rings is 2. The van der Waals surface area contributed by atoms with Gasteiger partial charge in [0.1, 0.15) is 0 Å². The molecule has 0 fully saturated rings. The second kappa shape index (κ2) is 7.46. The zero-order valence-corrected chi connectivity index (χ0v) is 14.6. The minimum absolute atomic E-state index is 0.0392. The van der Waals surface area contributed by atoms with Crippen molar-refractivity contribution in [2.75, 3.05) is 0 Å². The van der Waals surface area contributed by atoms with Crippen molar-refractivity contribution in [3.05, 3.63) is 81.6 Å². The van der Waals surface area contributed by atoms with Crippen LogP contribution in [0.2, 0.25) is 10.0 Å². The fourth-order valence-electron chi connectivity index (χ4n) is 2.00. The van der Waals surface area contributed by atoms with E-state index in [9.17, 15) is 4.79 Å². The lowest BCUT2D eigenvalue weighted by atomic mass is 10.2. The van der Waals surface area contributed by atoms with Gasteiger partial charge in [0, 0.05) is 15.6 Å². The van der Waals surface area contributed by atoms with Gasteiger partial charge in [0.15, 0.2) is 0 Å². The third-order valence-corrected chi connectivity index (χ3v) is 3.58. The van der Waals surface area contributed by atoms with Gasteiger partial charge in [-0.3, -0.25) is 0 Å². The Morgan fingerprint density at radius 2 is 1.72 bits per heavy atom. The minimum Gasteiger partial charge on any atom is -0.402 e. The number of carbonyl (C=O) groups excluding carboxylic acids is 1. The zero-order chi connectivity index (χ0) is 17.8. The number of halogens is 2. The van der Waals surface area contributed by atoms with E-state index in [4.69, 9.17) is 27.9 Å². The summed E-state index contributed by atoms with van der Waals surface area (Å²) in [6.45, 7) is 1.77. The van der Waals surface area contributed by atoms with E-state index in [1.165, 1.54) is 10.9 Å². The molecule has 0 saturated carbocycles. The molecule has 0 aliphatic carbocycles. The Morgan fingerprint density at radius 3 is 2.32 bits per heavy atom. The van der Waals surface area contributed by atoms with E-state index < -0.39 is 5.97 Å². The fourth-order valence-corrected chi connectivity index (χ4v) is 2.38. The summed E-state index contributed by atoms with van der Waals surface area (Å²) in [4.78, 5) is 13.6. The van der Waals surface area contributed by atoms with Crippen LogP contribution in [0.1, 0.15) is 21.6 Å². The van der Waals surface area contributed by atoms with E-state index in [2.05, 4.69) is 15.4 Å². The third kappa shape index (κ3) is 4.43. The summed E-state index contributed by atoms with van der Waals surface area (Å²) in [5.74, 6) is -0.560. The van der Waals surface area contributed by atoms with Gasteiger partial charge in [0.05, 0.1) is 17.5 Å². The second-order valence-corrected chi connectivity index (χ2v) is 5.97. The van der Waals surface area contributed by atoms with E-state index >= 15 is 0 Å². The molecule has 0 saturated heterocycles. The third-order valence-electron chi connectivity index (χ3n) is 3.11. The van der Waals surface area contributed by atoms with E-state index in [0.717, 1.165) is 0 Å². The van der Waals surface area contributed by atoms with E-state index in [0.29, 0.717) is 26.9 Å². The summed E-state index contributed by atoms with van der Waals surface area (Å²) >= 11 is 11.9.